The first-order chi connectivity index (χ1) is 16.1. The molecule has 1 aliphatic rings. The van der Waals surface area contributed by atoms with Gasteiger partial charge in [-0.2, -0.15) is 0 Å². The fourth-order valence-corrected chi connectivity index (χ4v) is 5.33. The number of amides is 2. The molecule has 0 spiro atoms. The summed E-state index contributed by atoms with van der Waals surface area (Å²) in [5, 5.41) is 22.8. The molecule has 1 fully saturated rings. The summed E-state index contributed by atoms with van der Waals surface area (Å²) in [5.74, 6) is -1.28. The molecule has 1 aromatic heterocycles. The molecule has 2 aromatic carbocycles. The molecule has 0 atom stereocenters. The Morgan fingerprint density at radius 2 is 1.88 bits per heavy atom. The van der Waals surface area contributed by atoms with Crippen molar-refractivity contribution in [2.24, 2.45) is 0 Å². The van der Waals surface area contributed by atoms with E-state index < -0.39 is 16.7 Å². The Labute approximate surface area is 208 Å². The molecule has 2 heterocycles. The highest BCUT2D eigenvalue weighted by atomic mass is 32.2. The fraction of sp³-hybridized carbons (Fsp3) is 0.136. The molecule has 0 unspecified atom stereocenters. The smallest absolute Gasteiger partial charge is 0.283 e. The van der Waals surface area contributed by atoms with Gasteiger partial charge in [0.25, 0.3) is 17.5 Å². The third kappa shape index (κ3) is 4.74. The van der Waals surface area contributed by atoms with Gasteiger partial charge in [0, 0.05) is 6.07 Å². The van der Waals surface area contributed by atoms with Gasteiger partial charge in [0.2, 0.25) is 0 Å². The number of nitro benzene ring substituents is 1. The van der Waals surface area contributed by atoms with E-state index in [2.05, 4.69) is 15.5 Å². The number of carbonyl (C=O) groups is 2. The van der Waals surface area contributed by atoms with Crippen molar-refractivity contribution in [3.8, 4) is 0 Å². The highest BCUT2D eigenvalue weighted by Gasteiger charge is 2.34. The van der Waals surface area contributed by atoms with E-state index in [0.717, 1.165) is 27.9 Å². The van der Waals surface area contributed by atoms with E-state index in [-0.39, 0.29) is 16.4 Å². The van der Waals surface area contributed by atoms with E-state index in [1.165, 1.54) is 28.4 Å². The molecule has 0 radical (unpaired) electrons. The van der Waals surface area contributed by atoms with Crippen LogP contribution in [0.5, 0.6) is 0 Å². The highest BCUT2D eigenvalue weighted by Crippen LogP contribution is 2.37. The predicted octanol–water partition coefficient (Wildman–Crippen LogP) is 4.35. The van der Waals surface area contributed by atoms with Crippen LogP contribution >= 0.6 is 35.3 Å². The maximum absolute atomic E-state index is 13.2. The Kier molecular flexibility index (Phi) is 6.55. The van der Waals surface area contributed by atoms with Crippen molar-refractivity contribution in [1.29, 1.82) is 0 Å². The molecule has 0 bridgehead atoms. The van der Waals surface area contributed by atoms with Crippen LogP contribution in [0.1, 0.15) is 21.7 Å². The van der Waals surface area contributed by atoms with Crippen LogP contribution in [0.15, 0.2) is 51.2 Å². The van der Waals surface area contributed by atoms with Crippen LogP contribution < -0.4 is 10.2 Å². The van der Waals surface area contributed by atoms with Crippen LogP contribution in [0, 0.1) is 30.9 Å². The quantitative estimate of drug-likeness (QED) is 0.177. The Morgan fingerprint density at radius 1 is 1.12 bits per heavy atom. The second-order valence-electron chi connectivity index (χ2n) is 7.40. The molecular formula is C22H17N5O4S3. The van der Waals surface area contributed by atoms with Crippen LogP contribution in [0.4, 0.5) is 11.4 Å². The van der Waals surface area contributed by atoms with Crippen molar-refractivity contribution in [1.82, 2.24) is 15.5 Å². The zero-order chi connectivity index (χ0) is 24.6. The number of nitrogens with zero attached hydrogens (tertiary/aromatic N) is 4. The Balaban J connectivity index is 1.70. The lowest BCUT2D eigenvalue weighted by Crippen LogP contribution is -2.54. The number of hydrogen-bond acceptors (Lipinski definition) is 9. The number of thiocarbonyl (C=S) groups is 1. The molecular weight excluding hydrogens is 494 g/mol. The molecule has 4 rings (SSSR count). The fourth-order valence-electron chi connectivity index (χ4n) is 3.19. The van der Waals surface area contributed by atoms with E-state index in [9.17, 15) is 19.7 Å². The van der Waals surface area contributed by atoms with Crippen molar-refractivity contribution in [3.05, 3.63) is 73.8 Å². The second kappa shape index (κ2) is 9.41. The number of nitrogens with one attached hydrogen (secondary N) is 1. The van der Waals surface area contributed by atoms with Gasteiger partial charge < -0.3 is 0 Å². The van der Waals surface area contributed by atoms with Crippen LogP contribution in [0.25, 0.3) is 6.08 Å². The number of nitro groups is 1. The van der Waals surface area contributed by atoms with Crippen molar-refractivity contribution in [3.63, 3.8) is 0 Å². The summed E-state index contributed by atoms with van der Waals surface area (Å²) in [7, 11) is 0. The molecule has 9 nitrogen and oxygen atoms in total. The van der Waals surface area contributed by atoms with Crippen LogP contribution in [0.2, 0.25) is 0 Å². The van der Waals surface area contributed by atoms with Crippen LogP contribution in [0.3, 0.4) is 0 Å². The number of aromatic nitrogens is 2. The molecule has 172 valence electrons. The third-order valence-corrected chi connectivity index (χ3v) is 7.29. The van der Waals surface area contributed by atoms with Gasteiger partial charge >= 0.3 is 0 Å². The molecule has 12 heteroatoms. The summed E-state index contributed by atoms with van der Waals surface area (Å²) in [6.45, 7) is 5.65. The SMILES string of the molecule is Cc1nnc(Sc2ccc(/C=C3\C(=O)NC(=S)N(c4ccc(C)c(C)c4)C3=O)cc2[N+](=O)[O-])s1. The summed E-state index contributed by atoms with van der Waals surface area (Å²) in [4.78, 5) is 38.6. The van der Waals surface area contributed by atoms with Gasteiger partial charge in [-0.05, 0) is 74.0 Å². The summed E-state index contributed by atoms with van der Waals surface area (Å²) in [5.41, 5.74) is 2.52. The molecule has 2 amide bonds. The lowest BCUT2D eigenvalue weighted by molar-refractivity contribution is -0.387. The minimum Gasteiger partial charge on any atom is -0.298 e. The lowest BCUT2D eigenvalue weighted by Gasteiger charge is -2.29. The average molecular weight is 512 g/mol. The number of hydrogen-bond donors (Lipinski definition) is 1. The normalized spacial score (nSPS) is 15.1. The van der Waals surface area contributed by atoms with Crippen molar-refractivity contribution in [2.45, 2.75) is 30.0 Å². The zero-order valence-corrected chi connectivity index (χ0v) is 20.6. The molecule has 0 saturated carbocycles. The van der Waals surface area contributed by atoms with Crippen molar-refractivity contribution >= 4 is 69.7 Å². The molecule has 1 aliphatic heterocycles. The Morgan fingerprint density at radius 3 is 2.53 bits per heavy atom. The molecule has 0 aliphatic carbocycles. The maximum Gasteiger partial charge on any atom is 0.283 e. The topological polar surface area (TPSA) is 118 Å². The zero-order valence-electron chi connectivity index (χ0n) is 18.2. The molecule has 1 saturated heterocycles. The molecule has 1 N–H and O–H groups in total. The monoisotopic (exact) mass is 511 g/mol. The van der Waals surface area contributed by atoms with E-state index in [4.69, 9.17) is 12.2 Å². The van der Waals surface area contributed by atoms with Gasteiger partial charge in [-0.3, -0.25) is 29.9 Å². The van der Waals surface area contributed by atoms with Crippen molar-refractivity contribution < 1.29 is 14.5 Å². The highest BCUT2D eigenvalue weighted by molar-refractivity contribution is 8.01. The van der Waals surface area contributed by atoms with Gasteiger partial charge in [0.05, 0.1) is 15.5 Å². The summed E-state index contributed by atoms with van der Waals surface area (Å²) < 4.78 is 0.575. The van der Waals surface area contributed by atoms with Crippen molar-refractivity contribution in [2.75, 3.05) is 4.90 Å². The average Bonchev–Trinajstić information content (AvgIpc) is 3.18. The maximum atomic E-state index is 13.2. The van der Waals surface area contributed by atoms with Crippen LogP contribution in [-0.4, -0.2) is 32.0 Å². The molecule has 3 aromatic rings. The van der Waals surface area contributed by atoms with Gasteiger partial charge in [0.1, 0.15) is 10.6 Å². The van der Waals surface area contributed by atoms with Gasteiger partial charge in [-0.25, -0.2) is 0 Å². The van der Waals surface area contributed by atoms with E-state index >= 15 is 0 Å². The number of aryl methyl sites for hydroxylation is 3. The standard InChI is InChI=1S/C22H17N5O4S3/c1-11-4-6-15(8-12(11)2)26-20(29)16(19(28)23-21(26)32)9-14-5-7-18(17(10-14)27(30)31)34-22-25-24-13(3)33-22/h4-10H,1-3H3,(H,23,28,32)/b16-9+. The predicted molar refractivity (Wildman–Crippen MR) is 134 cm³/mol. The minimum absolute atomic E-state index is 0.0273. The van der Waals surface area contributed by atoms with Crippen LogP contribution in [-0.2, 0) is 9.59 Å². The van der Waals surface area contributed by atoms with Gasteiger partial charge in [-0.1, -0.05) is 35.2 Å². The second-order valence-corrected chi connectivity index (χ2v) is 10.3. The van der Waals surface area contributed by atoms with Gasteiger partial charge in [-0.15, -0.1) is 10.2 Å². The molecule has 34 heavy (non-hydrogen) atoms. The van der Waals surface area contributed by atoms with E-state index in [1.807, 2.05) is 19.9 Å². The number of benzene rings is 2. The lowest BCUT2D eigenvalue weighted by atomic mass is 10.0. The summed E-state index contributed by atoms with van der Waals surface area (Å²) >= 11 is 7.69. The number of rotatable bonds is 5. The summed E-state index contributed by atoms with van der Waals surface area (Å²) in [6.07, 6.45) is 1.32. The minimum atomic E-state index is -0.666. The number of anilines is 1. The van der Waals surface area contributed by atoms with E-state index in [1.54, 1.807) is 31.2 Å². The third-order valence-electron chi connectivity index (χ3n) is 5.05. The summed E-state index contributed by atoms with van der Waals surface area (Å²) in [6, 6.07) is 9.89. The largest absolute Gasteiger partial charge is 0.298 e. The Hall–Kier alpha value is -3.48. The first-order valence-corrected chi connectivity index (χ1v) is 11.9. The van der Waals surface area contributed by atoms with Gasteiger partial charge in [0.15, 0.2) is 9.45 Å². The first-order valence-electron chi connectivity index (χ1n) is 9.89. The first kappa shape index (κ1) is 23.7. The van der Waals surface area contributed by atoms with E-state index in [0.29, 0.717) is 20.5 Å². The number of carbonyl (C=O) groups excluding carboxylic acids is 2. The Bertz CT molecular complexity index is 1400.